The molecule has 156 valence electrons. The highest BCUT2D eigenvalue weighted by Gasteiger charge is 2.13. The monoisotopic (exact) mass is 408 g/mol. The molecule has 1 heterocycles. The van der Waals surface area contributed by atoms with Gasteiger partial charge in [0.25, 0.3) is 5.91 Å². The van der Waals surface area contributed by atoms with Gasteiger partial charge < -0.3 is 19.3 Å². The van der Waals surface area contributed by atoms with Gasteiger partial charge in [-0.1, -0.05) is 28.9 Å². The molecule has 30 heavy (non-hydrogen) atoms. The molecule has 0 fully saturated rings. The number of aryl methyl sites for hydroxylation is 4. The molecule has 0 saturated heterocycles. The SMILES string of the molecule is Cc1ccc(NC(=O)COC(=O)c2cccc(OCc3c(C)noc3C)c2)c(C)c1. The number of ether oxygens (including phenoxy) is 2. The Morgan fingerprint density at radius 3 is 2.57 bits per heavy atom. The second-order valence-electron chi connectivity index (χ2n) is 7.06. The highest BCUT2D eigenvalue weighted by atomic mass is 16.5. The van der Waals surface area contributed by atoms with E-state index in [1.165, 1.54) is 0 Å². The number of nitrogens with zero attached hydrogens (tertiary/aromatic N) is 1. The normalized spacial score (nSPS) is 10.5. The number of hydrogen-bond acceptors (Lipinski definition) is 6. The summed E-state index contributed by atoms with van der Waals surface area (Å²) in [4.78, 5) is 24.4. The summed E-state index contributed by atoms with van der Waals surface area (Å²) in [5.74, 6) is 0.191. The highest BCUT2D eigenvalue weighted by Crippen LogP contribution is 2.19. The van der Waals surface area contributed by atoms with Gasteiger partial charge in [0.15, 0.2) is 6.61 Å². The van der Waals surface area contributed by atoms with Gasteiger partial charge in [0.1, 0.15) is 18.1 Å². The van der Waals surface area contributed by atoms with E-state index in [0.717, 1.165) is 22.4 Å². The summed E-state index contributed by atoms with van der Waals surface area (Å²) in [6.07, 6.45) is 0. The fourth-order valence-electron chi connectivity index (χ4n) is 2.93. The van der Waals surface area contributed by atoms with E-state index in [2.05, 4.69) is 10.5 Å². The van der Waals surface area contributed by atoms with Crippen LogP contribution in [0.2, 0.25) is 0 Å². The fourth-order valence-corrected chi connectivity index (χ4v) is 2.93. The van der Waals surface area contributed by atoms with Crippen molar-refractivity contribution < 1.29 is 23.6 Å². The summed E-state index contributed by atoms with van der Waals surface area (Å²) >= 11 is 0. The summed E-state index contributed by atoms with van der Waals surface area (Å²) in [5.41, 5.74) is 4.66. The number of esters is 1. The van der Waals surface area contributed by atoms with Gasteiger partial charge in [0, 0.05) is 5.69 Å². The van der Waals surface area contributed by atoms with Crippen LogP contribution < -0.4 is 10.1 Å². The molecule has 1 aromatic heterocycles. The Labute approximate surface area is 175 Å². The maximum Gasteiger partial charge on any atom is 0.338 e. The molecule has 7 nitrogen and oxygen atoms in total. The van der Waals surface area contributed by atoms with Gasteiger partial charge in [-0.05, 0) is 57.5 Å². The van der Waals surface area contributed by atoms with Crippen LogP contribution in [-0.4, -0.2) is 23.6 Å². The number of nitrogens with one attached hydrogen (secondary N) is 1. The van der Waals surface area contributed by atoms with Crippen LogP contribution in [-0.2, 0) is 16.1 Å². The Bertz CT molecular complexity index is 1050. The number of carbonyl (C=O) groups is 2. The zero-order valence-electron chi connectivity index (χ0n) is 17.4. The van der Waals surface area contributed by atoms with Gasteiger partial charge in [-0.25, -0.2) is 4.79 Å². The predicted molar refractivity (Wildman–Crippen MR) is 112 cm³/mol. The van der Waals surface area contributed by atoms with E-state index in [-0.39, 0.29) is 13.2 Å². The minimum absolute atomic E-state index is 0.276. The standard InChI is InChI=1S/C23H24N2O5/c1-14-8-9-21(15(2)10-14)24-22(26)13-29-23(27)18-6-5-7-19(11-18)28-12-20-16(3)25-30-17(20)4/h5-11H,12-13H2,1-4H3,(H,24,26). The summed E-state index contributed by atoms with van der Waals surface area (Å²) < 4.78 is 16.0. The van der Waals surface area contributed by atoms with Crippen LogP contribution in [0.1, 0.15) is 38.5 Å². The van der Waals surface area contributed by atoms with Crippen LogP contribution in [0.25, 0.3) is 0 Å². The molecular weight excluding hydrogens is 384 g/mol. The summed E-state index contributed by atoms with van der Waals surface area (Å²) in [5, 5.41) is 6.63. The lowest BCUT2D eigenvalue weighted by molar-refractivity contribution is -0.119. The van der Waals surface area contributed by atoms with Gasteiger partial charge in [-0.15, -0.1) is 0 Å². The molecule has 0 saturated carbocycles. The first-order chi connectivity index (χ1) is 14.3. The molecule has 0 aliphatic rings. The smallest absolute Gasteiger partial charge is 0.338 e. The number of anilines is 1. The summed E-state index contributed by atoms with van der Waals surface area (Å²) in [6.45, 7) is 7.44. The molecular formula is C23H24N2O5. The van der Waals surface area contributed by atoms with Gasteiger partial charge in [-0.3, -0.25) is 4.79 Å². The van der Waals surface area contributed by atoms with Gasteiger partial charge >= 0.3 is 5.97 Å². The first-order valence-electron chi connectivity index (χ1n) is 9.52. The third-order valence-electron chi connectivity index (χ3n) is 4.62. The van der Waals surface area contributed by atoms with Crippen molar-refractivity contribution in [3.05, 3.63) is 76.2 Å². The Hall–Kier alpha value is -3.61. The zero-order chi connectivity index (χ0) is 21.7. The highest BCUT2D eigenvalue weighted by molar-refractivity contribution is 5.96. The molecule has 1 N–H and O–H groups in total. The number of carbonyl (C=O) groups excluding carboxylic acids is 2. The first kappa shape index (κ1) is 21.1. The van der Waals surface area contributed by atoms with Gasteiger partial charge in [0.05, 0.1) is 16.8 Å². The second-order valence-corrected chi connectivity index (χ2v) is 7.06. The van der Waals surface area contributed by atoms with Crippen LogP contribution in [0.4, 0.5) is 5.69 Å². The molecule has 0 unspecified atom stereocenters. The van der Waals surface area contributed by atoms with E-state index < -0.39 is 11.9 Å². The third-order valence-corrected chi connectivity index (χ3v) is 4.62. The van der Waals surface area contributed by atoms with Crippen molar-refractivity contribution >= 4 is 17.6 Å². The van der Waals surface area contributed by atoms with Crippen molar-refractivity contribution in [2.45, 2.75) is 34.3 Å². The molecule has 2 aromatic carbocycles. The van der Waals surface area contributed by atoms with Crippen molar-refractivity contribution in [2.75, 3.05) is 11.9 Å². The molecule has 0 spiro atoms. The lowest BCUT2D eigenvalue weighted by atomic mass is 10.1. The van der Waals surface area contributed by atoms with Crippen LogP contribution in [0.3, 0.4) is 0 Å². The maximum atomic E-state index is 12.3. The Kier molecular flexibility index (Phi) is 6.51. The molecule has 0 bridgehead atoms. The van der Waals surface area contributed by atoms with E-state index >= 15 is 0 Å². The maximum absolute atomic E-state index is 12.3. The molecule has 3 aromatic rings. The van der Waals surface area contributed by atoms with Crippen LogP contribution in [0.15, 0.2) is 47.0 Å². The van der Waals surface area contributed by atoms with E-state index in [0.29, 0.717) is 22.8 Å². The van der Waals surface area contributed by atoms with Gasteiger partial charge in [0.2, 0.25) is 0 Å². The fraction of sp³-hybridized carbons (Fsp3) is 0.261. The predicted octanol–water partition coefficient (Wildman–Crippen LogP) is 4.28. The molecule has 0 aliphatic heterocycles. The first-order valence-corrected chi connectivity index (χ1v) is 9.52. The number of aromatic nitrogens is 1. The lowest BCUT2D eigenvalue weighted by Crippen LogP contribution is -2.21. The average Bonchev–Trinajstić information content (AvgIpc) is 3.04. The largest absolute Gasteiger partial charge is 0.489 e. The Balaban J connectivity index is 1.55. The molecule has 0 atom stereocenters. The average molecular weight is 408 g/mol. The Morgan fingerprint density at radius 1 is 1.07 bits per heavy atom. The van der Waals surface area contributed by atoms with Crippen molar-refractivity contribution in [1.82, 2.24) is 5.16 Å². The number of rotatable bonds is 7. The number of amides is 1. The number of benzene rings is 2. The number of hydrogen-bond donors (Lipinski definition) is 1. The molecule has 1 amide bonds. The lowest BCUT2D eigenvalue weighted by Gasteiger charge is -2.10. The molecule has 7 heteroatoms. The van der Waals surface area contributed by atoms with Crippen molar-refractivity contribution in [3.63, 3.8) is 0 Å². The van der Waals surface area contributed by atoms with Crippen LogP contribution >= 0.6 is 0 Å². The molecule has 0 aliphatic carbocycles. The van der Waals surface area contributed by atoms with Crippen LogP contribution in [0, 0.1) is 27.7 Å². The second kappa shape index (κ2) is 9.26. The van der Waals surface area contributed by atoms with E-state index in [1.807, 2.05) is 45.9 Å². The minimum Gasteiger partial charge on any atom is -0.489 e. The summed E-state index contributed by atoms with van der Waals surface area (Å²) in [6, 6.07) is 12.3. The van der Waals surface area contributed by atoms with Crippen molar-refractivity contribution in [3.8, 4) is 5.75 Å². The zero-order valence-corrected chi connectivity index (χ0v) is 17.4. The quantitative estimate of drug-likeness (QED) is 0.587. The molecule has 3 rings (SSSR count). The van der Waals surface area contributed by atoms with E-state index in [4.69, 9.17) is 14.0 Å². The third kappa shape index (κ3) is 5.26. The van der Waals surface area contributed by atoms with E-state index in [1.54, 1.807) is 24.3 Å². The summed E-state index contributed by atoms with van der Waals surface area (Å²) in [7, 11) is 0. The van der Waals surface area contributed by atoms with Crippen LogP contribution in [0.5, 0.6) is 5.75 Å². The molecule has 0 radical (unpaired) electrons. The Morgan fingerprint density at radius 2 is 1.87 bits per heavy atom. The topological polar surface area (TPSA) is 90.7 Å². The van der Waals surface area contributed by atoms with Crippen molar-refractivity contribution in [1.29, 1.82) is 0 Å². The minimum atomic E-state index is -0.603. The van der Waals surface area contributed by atoms with Crippen molar-refractivity contribution in [2.24, 2.45) is 0 Å². The van der Waals surface area contributed by atoms with Gasteiger partial charge in [-0.2, -0.15) is 0 Å². The van der Waals surface area contributed by atoms with E-state index in [9.17, 15) is 9.59 Å².